The second-order valence-corrected chi connectivity index (χ2v) is 7.02. The van der Waals surface area contributed by atoms with Crippen molar-refractivity contribution in [1.82, 2.24) is 5.16 Å². The second-order valence-electron chi connectivity index (χ2n) is 5.34. The molecule has 0 unspecified atom stereocenters. The number of nitrogens with zero attached hydrogens (tertiary/aromatic N) is 1. The second kappa shape index (κ2) is 6.40. The fourth-order valence-corrected chi connectivity index (χ4v) is 3.25. The monoisotopic (exact) mass is 358 g/mol. The van der Waals surface area contributed by atoms with Crippen molar-refractivity contribution >= 4 is 21.8 Å². The Hall–Kier alpha value is -3.13. The van der Waals surface area contributed by atoms with Crippen molar-refractivity contribution in [2.24, 2.45) is 0 Å². The maximum Gasteiger partial charge on any atom is 0.335 e. The quantitative estimate of drug-likeness (QED) is 0.725. The summed E-state index contributed by atoms with van der Waals surface area (Å²) in [5.41, 5.74) is 1.56. The zero-order chi connectivity index (χ0) is 18.0. The van der Waals surface area contributed by atoms with Gasteiger partial charge in [0.2, 0.25) is 0 Å². The van der Waals surface area contributed by atoms with E-state index in [-0.39, 0.29) is 16.3 Å². The zero-order valence-corrected chi connectivity index (χ0v) is 13.9. The number of carboxylic acid groups (broad SMARTS) is 1. The van der Waals surface area contributed by atoms with Crippen molar-refractivity contribution < 1.29 is 22.8 Å². The summed E-state index contributed by atoms with van der Waals surface area (Å²) in [6, 6.07) is 14.0. The average Bonchev–Trinajstić information content (AvgIpc) is 2.99. The SMILES string of the molecule is Cc1cc(NS(=O)(=O)c2ccc(-c3cccc(C(=O)O)c3)cc2)no1. The highest BCUT2D eigenvalue weighted by Crippen LogP contribution is 2.23. The summed E-state index contributed by atoms with van der Waals surface area (Å²) in [7, 11) is -3.79. The molecule has 0 amide bonds. The van der Waals surface area contributed by atoms with Gasteiger partial charge >= 0.3 is 5.97 Å². The molecule has 0 aliphatic rings. The lowest BCUT2D eigenvalue weighted by Crippen LogP contribution is -2.13. The Morgan fingerprint density at radius 3 is 2.40 bits per heavy atom. The highest BCUT2D eigenvalue weighted by molar-refractivity contribution is 7.92. The van der Waals surface area contributed by atoms with Gasteiger partial charge in [0, 0.05) is 6.07 Å². The van der Waals surface area contributed by atoms with E-state index in [1.165, 1.54) is 30.3 Å². The Balaban J connectivity index is 1.87. The smallest absolute Gasteiger partial charge is 0.335 e. The summed E-state index contributed by atoms with van der Waals surface area (Å²) in [5, 5.41) is 12.6. The van der Waals surface area contributed by atoms with E-state index in [9.17, 15) is 13.2 Å². The Morgan fingerprint density at radius 2 is 1.80 bits per heavy atom. The number of aromatic nitrogens is 1. The lowest BCUT2D eigenvalue weighted by atomic mass is 10.0. The molecule has 0 saturated heterocycles. The summed E-state index contributed by atoms with van der Waals surface area (Å²) in [4.78, 5) is 11.1. The third-order valence-electron chi connectivity index (χ3n) is 3.47. The molecule has 3 rings (SSSR count). The lowest BCUT2D eigenvalue weighted by molar-refractivity contribution is 0.0697. The van der Waals surface area contributed by atoms with Crippen molar-refractivity contribution in [3.63, 3.8) is 0 Å². The van der Waals surface area contributed by atoms with Crippen LogP contribution in [0.3, 0.4) is 0 Å². The topological polar surface area (TPSA) is 110 Å². The first-order chi connectivity index (χ1) is 11.8. The van der Waals surface area contributed by atoms with Crippen molar-refractivity contribution in [2.45, 2.75) is 11.8 Å². The van der Waals surface area contributed by atoms with Crippen LogP contribution in [0.4, 0.5) is 5.82 Å². The number of sulfonamides is 1. The fourth-order valence-electron chi connectivity index (χ4n) is 2.27. The third-order valence-corrected chi connectivity index (χ3v) is 4.85. The predicted octanol–water partition coefficient (Wildman–Crippen LogP) is 3.15. The number of aromatic carboxylic acids is 1. The summed E-state index contributed by atoms with van der Waals surface area (Å²) >= 11 is 0. The number of carbonyl (C=O) groups is 1. The molecule has 2 aromatic carbocycles. The van der Waals surface area contributed by atoms with Crippen molar-refractivity contribution in [3.05, 3.63) is 65.9 Å². The summed E-state index contributed by atoms with van der Waals surface area (Å²) in [5.74, 6) is -0.421. The molecule has 7 nitrogen and oxygen atoms in total. The van der Waals surface area contributed by atoms with Crippen LogP contribution in [0.2, 0.25) is 0 Å². The first-order valence-corrected chi connectivity index (χ1v) is 8.73. The molecule has 1 aromatic heterocycles. The molecule has 0 aliphatic carbocycles. The molecule has 2 N–H and O–H groups in total. The number of nitrogens with one attached hydrogen (secondary N) is 1. The Morgan fingerprint density at radius 1 is 1.08 bits per heavy atom. The minimum absolute atomic E-state index is 0.0614. The molecule has 25 heavy (non-hydrogen) atoms. The zero-order valence-electron chi connectivity index (χ0n) is 13.1. The summed E-state index contributed by atoms with van der Waals surface area (Å²) in [6.45, 7) is 1.66. The highest BCUT2D eigenvalue weighted by atomic mass is 32.2. The van der Waals surface area contributed by atoms with Crippen LogP contribution in [0.5, 0.6) is 0 Å². The highest BCUT2D eigenvalue weighted by Gasteiger charge is 2.16. The van der Waals surface area contributed by atoms with Crippen LogP contribution in [0, 0.1) is 6.92 Å². The maximum atomic E-state index is 12.3. The van der Waals surface area contributed by atoms with Gasteiger partial charge in [-0.1, -0.05) is 29.4 Å². The van der Waals surface area contributed by atoms with E-state index >= 15 is 0 Å². The van der Waals surface area contributed by atoms with Gasteiger partial charge in [-0.25, -0.2) is 13.2 Å². The van der Waals surface area contributed by atoms with Crippen molar-refractivity contribution in [1.29, 1.82) is 0 Å². The minimum atomic E-state index is -3.79. The molecule has 0 radical (unpaired) electrons. The van der Waals surface area contributed by atoms with Gasteiger partial charge in [-0.2, -0.15) is 0 Å². The van der Waals surface area contributed by atoms with Crippen LogP contribution >= 0.6 is 0 Å². The van der Waals surface area contributed by atoms with Crippen LogP contribution in [0.25, 0.3) is 11.1 Å². The number of hydrogen-bond donors (Lipinski definition) is 2. The van der Waals surface area contributed by atoms with Crippen LogP contribution in [-0.2, 0) is 10.0 Å². The van der Waals surface area contributed by atoms with Gasteiger partial charge in [-0.15, -0.1) is 0 Å². The van der Waals surface area contributed by atoms with E-state index in [2.05, 4.69) is 9.88 Å². The number of anilines is 1. The predicted molar refractivity (Wildman–Crippen MR) is 90.9 cm³/mol. The molecule has 0 saturated carbocycles. The largest absolute Gasteiger partial charge is 0.478 e. The van der Waals surface area contributed by atoms with Gasteiger partial charge in [0.1, 0.15) is 5.76 Å². The van der Waals surface area contributed by atoms with Gasteiger partial charge in [0.25, 0.3) is 10.0 Å². The normalized spacial score (nSPS) is 11.2. The van der Waals surface area contributed by atoms with E-state index in [1.54, 1.807) is 31.2 Å². The summed E-state index contributed by atoms with van der Waals surface area (Å²) in [6.07, 6.45) is 0. The van der Waals surface area contributed by atoms with Gasteiger partial charge in [0.05, 0.1) is 10.5 Å². The number of aryl methyl sites for hydroxylation is 1. The molecule has 1 heterocycles. The lowest BCUT2D eigenvalue weighted by Gasteiger charge is -2.07. The molecule has 0 bridgehead atoms. The first-order valence-electron chi connectivity index (χ1n) is 7.25. The number of hydrogen-bond acceptors (Lipinski definition) is 5. The van der Waals surface area contributed by atoms with Crippen molar-refractivity contribution in [2.75, 3.05) is 4.72 Å². The van der Waals surface area contributed by atoms with Crippen LogP contribution in [0.1, 0.15) is 16.1 Å². The molecular formula is C17H14N2O5S. The molecule has 0 aliphatic heterocycles. The number of rotatable bonds is 5. The Bertz CT molecular complexity index is 1020. The van der Waals surface area contributed by atoms with Crippen molar-refractivity contribution in [3.8, 4) is 11.1 Å². The molecule has 8 heteroatoms. The minimum Gasteiger partial charge on any atom is -0.478 e. The first kappa shape index (κ1) is 16.7. The number of benzene rings is 2. The van der Waals surface area contributed by atoms with Gasteiger partial charge in [-0.3, -0.25) is 4.72 Å². The van der Waals surface area contributed by atoms with Gasteiger partial charge in [-0.05, 0) is 42.3 Å². The molecule has 0 spiro atoms. The maximum absolute atomic E-state index is 12.3. The van der Waals surface area contributed by atoms with E-state index in [4.69, 9.17) is 9.63 Å². The third kappa shape index (κ3) is 3.69. The average molecular weight is 358 g/mol. The Labute approximate surface area is 144 Å². The molecule has 0 atom stereocenters. The van der Waals surface area contributed by atoms with E-state index in [1.807, 2.05) is 0 Å². The van der Waals surface area contributed by atoms with Gasteiger partial charge < -0.3 is 9.63 Å². The van der Waals surface area contributed by atoms with E-state index in [0.29, 0.717) is 16.9 Å². The van der Waals surface area contributed by atoms with Crippen LogP contribution in [-0.4, -0.2) is 24.7 Å². The number of carboxylic acids is 1. The molecule has 0 fully saturated rings. The standard InChI is InChI=1S/C17H14N2O5S/c1-11-9-16(18-24-11)19-25(22,23)15-7-5-12(6-8-15)13-3-2-4-14(10-13)17(20)21/h2-10H,1H3,(H,18,19)(H,20,21). The van der Waals surface area contributed by atoms with Crippen LogP contribution < -0.4 is 4.72 Å². The van der Waals surface area contributed by atoms with E-state index in [0.717, 1.165) is 0 Å². The molecular weight excluding hydrogens is 344 g/mol. The van der Waals surface area contributed by atoms with Crippen LogP contribution in [0.15, 0.2) is 64.0 Å². The van der Waals surface area contributed by atoms with E-state index < -0.39 is 16.0 Å². The van der Waals surface area contributed by atoms with Gasteiger partial charge in [0.15, 0.2) is 5.82 Å². The Kier molecular flexibility index (Phi) is 4.28. The molecule has 3 aromatic rings. The fraction of sp³-hybridized carbons (Fsp3) is 0.0588. The summed E-state index contributed by atoms with van der Waals surface area (Å²) < 4.78 is 31.8. The molecule has 128 valence electrons.